The van der Waals surface area contributed by atoms with Gasteiger partial charge >= 0.3 is 0 Å². The van der Waals surface area contributed by atoms with E-state index in [0.29, 0.717) is 18.3 Å². The summed E-state index contributed by atoms with van der Waals surface area (Å²) in [5.74, 6) is 1.90. The molecule has 150 valence electrons. The Labute approximate surface area is 175 Å². The number of aliphatic imine (C=N–C) groups is 1. The number of halogens is 1. The molecule has 26 heavy (non-hydrogen) atoms. The number of ether oxygens (including phenoxy) is 1. The summed E-state index contributed by atoms with van der Waals surface area (Å²) in [4.78, 5) is 8.92. The largest absolute Gasteiger partial charge is 0.475 e. The van der Waals surface area contributed by atoms with Crippen LogP contribution in [0.3, 0.4) is 0 Å². The summed E-state index contributed by atoms with van der Waals surface area (Å²) in [6.07, 6.45) is 4.97. The van der Waals surface area contributed by atoms with Gasteiger partial charge in [-0.15, -0.1) is 24.0 Å². The molecule has 0 saturated heterocycles. The van der Waals surface area contributed by atoms with E-state index in [0.717, 1.165) is 43.9 Å². The third-order valence-corrected chi connectivity index (χ3v) is 3.71. The second-order valence-electron chi connectivity index (χ2n) is 6.41. The van der Waals surface area contributed by atoms with Gasteiger partial charge in [-0.05, 0) is 45.1 Å². The molecule has 0 spiro atoms. The highest BCUT2D eigenvalue weighted by Gasteiger charge is 2.08. The average molecular weight is 478 g/mol. The number of hydrogen-bond donors (Lipinski definition) is 3. The van der Waals surface area contributed by atoms with Gasteiger partial charge in [0.15, 0.2) is 5.96 Å². The first-order valence-electron chi connectivity index (χ1n) is 9.33. The van der Waals surface area contributed by atoms with Crippen LogP contribution < -0.4 is 15.4 Å². The van der Waals surface area contributed by atoms with Crippen molar-refractivity contribution in [3.05, 3.63) is 23.9 Å². The van der Waals surface area contributed by atoms with E-state index in [1.54, 1.807) is 6.20 Å². The van der Waals surface area contributed by atoms with E-state index in [9.17, 15) is 5.11 Å². The van der Waals surface area contributed by atoms with Crippen LogP contribution in [0.5, 0.6) is 5.88 Å². The summed E-state index contributed by atoms with van der Waals surface area (Å²) in [5.41, 5.74) is 1.04. The van der Waals surface area contributed by atoms with E-state index in [2.05, 4.69) is 27.5 Å². The van der Waals surface area contributed by atoms with Gasteiger partial charge in [0.25, 0.3) is 0 Å². The molecule has 1 atom stereocenters. The van der Waals surface area contributed by atoms with Crippen molar-refractivity contribution in [3.63, 3.8) is 0 Å². The normalized spacial score (nSPS) is 12.5. The third kappa shape index (κ3) is 10.8. The maximum atomic E-state index is 9.17. The zero-order chi connectivity index (χ0) is 18.5. The van der Waals surface area contributed by atoms with E-state index < -0.39 is 0 Å². The Kier molecular flexibility index (Phi) is 14.4. The van der Waals surface area contributed by atoms with Crippen molar-refractivity contribution in [1.82, 2.24) is 15.6 Å². The molecule has 6 nitrogen and oxygen atoms in total. The minimum absolute atomic E-state index is 0. The lowest BCUT2D eigenvalue weighted by Gasteiger charge is -2.18. The van der Waals surface area contributed by atoms with Gasteiger partial charge in [0.2, 0.25) is 5.88 Å². The molecule has 0 aromatic carbocycles. The zero-order valence-electron chi connectivity index (χ0n) is 16.5. The Morgan fingerprint density at radius 1 is 1.23 bits per heavy atom. The smallest absolute Gasteiger partial charge is 0.213 e. The number of nitrogens with one attached hydrogen (secondary N) is 2. The zero-order valence-corrected chi connectivity index (χ0v) is 18.8. The van der Waals surface area contributed by atoms with E-state index in [1.165, 1.54) is 0 Å². The average Bonchev–Trinajstić information content (AvgIpc) is 2.58. The van der Waals surface area contributed by atoms with Crippen LogP contribution >= 0.6 is 24.0 Å². The first-order valence-corrected chi connectivity index (χ1v) is 9.33. The molecule has 1 aromatic heterocycles. The van der Waals surface area contributed by atoms with E-state index >= 15 is 0 Å². The van der Waals surface area contributed by atoms with Gasteiger partial charge in [-0.1, -0.05) is 19.4 Å². The molecular weight excluding hydrogens is 443 g/mol. The lowest BCUT2D eigenvalue weighted by Crippen LogP contribution is -2.40. The van der Waals surface area contributed by atoms with Crippen LogP contribution in [0, 0.1) is 5.92 Å². The fourth-order valence-corrected chi connectivity index (χ4v) is 2.51. The number of aliphatic hydroxyl groups is 1. The Balaban J connectivity index is 0.00000625. The first kappa shape index (κ1) is 24.9. The van der Waals surface area contributed by atoms with Crippen LogP contribution in [0.25, 0.3) is 0 Å². The summed E-state index contributed by atoms with van der Waals surface area (Å²) in [6.45, 7) is 10.6. The number of aromatic nitrogens is 1. The van der Waals surface area contributed by atoms with Gasteiger partial charge in [0.05, 0.1) is 12.6 Å². The van der Waals surface area contributed by atoms with Gasteiger partial charge < -0.3 is 20.5 Å². The van der Waals surface area contributed by atoms with Crippen LogP contribution in [0.15, 0.2) is 23.3 Å². The first-order chi connectivity index (χ1) is 12.1. The second-order valence-corrected chi connectivity index (χ2v) is 6.41. The fraction of sp³-hybridized carbons (Fsp3) is 0.684. The van der Waals surface area contributed by atoms with Crippen molar-refractivity contribution in [2.45, 2.75) is 59.6 Å². The summed E-state index contributed by atoms with van der Waals surface area (Å²) in [6, 6.07) is 3.87. The van der Waals surface area contributed by atoms with Crippen LogP contribution in [-0.4, -0.2) is 41.9 Å². The van der Waals surface area contributed by atoms with Gasteiger partial charge in [0.1, 0.15) is 0 Å². The van der Waals surface area contributed by atoms with E-state index in [1.807, 2.05) is 32.9 Å². The van der Waals surface area contributed by atoms with Crippen LogP contribution in [0.4, 0.5) is 0 Å². The number of hydrogen-bond acceptors (Lipinski definition) is 4. The van der Waals surface area contributed by atoms with E-state index in [4.69, 9.17) is 4.74 Å². The summed E-state index contributed by atoms with van der Waals surface area (Å²) < 4.78 is 5.55. The molecule has 0 aliphatic rings. The molecule has 3 N–H and O–H groups in total. The third-order valence-electron chi connectivity index (χ3n) is 3.71. The highest BCUT2D eigenvalue weighted by Crippen LogP contribution is 2.11. The van der Waals surface area contributed by atoms with Crippen molar-refractivity contribution >= 4 is 29.9 Å². The molecule has 1 aromatic rings. The highest BCUT2D eigenvalue weighted by atomic mass is 127. The Morgan fingerprint density at radius 2 is 2.00 bits per heavy atom. The monoisotopic (exact) mass is 478 g/mol. The number of aliphatic hydroxyl groups excluding tert-OH is 1. The van der Waals surface area contributed by atoms with Crippen molar-refractivity contribution in [2.75, 3.05) is 19.7 Å². The van der Waals surface area contributed by atoms with Crippen molar-refractivity contribution < 1.29 is 9.84 Å². The molecule has 0 aliphatic carbocycles. The maximum Gasteiger partial charge on any atom is 0.213 e. The number of pyridine rings is 1. The molecule has 1 unspecified atom stereocenters. The topological polar surface area (TPSA) is 78.8 Å². The lowest BCUT2D eigenvalue weighted by molar-refractivity contribution is 0.232. The van der Waals surface area contributed by atoms with Gasteiger partial charge in [0, 0.05) is 32.0 Å². The molecule has 0 amide bonds. The molecule has 0 radical (unpaired) electrons. The van der Waals surface area contributed by atoms with Crippen LogP contribution in [-0.2, 0) is 6.54 Å². The minimum Gasteiger partial charge on any atom is -0.475 e. The molecule has 0 bridgehead atoms. The summed E-state index contributed by atoms with van der Waals surface area (Å²) in [5, 5.41) is 15.8. The highest BCUT2D eigenvalue weighted by molar-refractivity contribution is 14.0. The molecule has 7 heteroatoms. The molecule has 0 aliphatic heterocycles. The molecule has 0 fully saturated rings. The number of rotatable bonds is 11. The molecule has 1 rings (SSSR count). The second kappa shape index (κ2) is 15.0. The van der Waals surface area contributed by atoms with E-state index in [-0.39, 0.29) is 36.7 Å². The van der Waals surface area contributed by atoms with Gasteiger partial charge in [-0.3, -0.25) is 0 Å². The number of nitrogens with zero attached hydrogens (tertiary/aromatic N) is 2. The Bertz CT molecular complexity index is 489. The summed E-state index contributed by atoms with van der Waals surface area (Å²) in [7, 11) is 0. The maximum absolute atomic E-state index is 9.17. The quantitative estimate of drug-likeness (QED) is 0.258. The number of guanidine groups is 1. The van der Waals surface area contributed by atoms with Gasteiger partial charge in [-0.2, -0.15) is 0 Å². The SMILES string of the molecule is CCCC(CCO)CNC(=NCc1ccc(OC(C)C)nc1)NCC.I. The van der Waals surface area contributed by atoms with Crippen LogP contribution in [0.2, 0.25) is 0 Å². The predicted molar refractivity (Wildman–Crippen MR) is 118 cm³/mol. The lowest BCUT2D eigenvalue weighted by atomic mass is 10.0. The Hall–Kier alpha value is -1.09. The van der Waals surface area contributed by atoms with Crippen molar-refractivity contribution in [1.29, 1.82) is 0 Å². The van der Waals surface area contributed by atoms with Crippen LogP contribution in [0.1, 0.15) is 52.5 Å². The van der Waals surface area contributed by atoms with Crippen molar-refractivity contribution in [3.8, 4) is 5.88 Å². The molecular formula is C19H35IN4O2. The standard InChI is InChI=1S/C19H34N4O2.HI/c1-5-7-16(10-11-24)12-22-19(20-6-2)23-14-17-8-9-18(21-13-17)25-15(3)4;/h8-9,13,15-16,24H,5-7,10-12,14H2,1-4H3,(H2,20,22,23);1H. The van der Waals surface area contributed by atoms with Gasteiger partial charge in [-0.25, -0.2) is 9.98 Å². The molecule has 1 heterocycles. The fourth-order valence-electron chi connectivity index (χ4n) is 2.51. The Morgan fingerprint density at radius 3 is 2.54 bits per heavy atom. The molecule has 0 saturated carbocycles. The predicted octanol–water partition coefficient (Wildman–Crippen LogP) is 3.34. The minimum atomic E-state index is 0. The van der Waals surface area contributed by atoms with Crippen molar-refractivity contribution in [2.24, 2.45) is 10.9 Å². The summed E-state index contributed by atoms with van der Waals surface area (Å²) >= 11 is 0.